The smallest absolute Gasteiger partial charge is 0.123 e. The number of likely N-dealkylation sites (tertiary alicyclic amines) is 1. The molecule has 4 unspecified atom stereocenters. The van der Waals surface area contributed by atoms with E-state index in [2.05, 4.69) is 68.2 Å². The molecule has 0 bridgehead atoms. The Kier molecular flexibility index (Phi) is 5.49. The Hall–Kier alpha value is -2.71. The van der Waals surface area contributed by atoms with Crippen LogP contribution in [-0.2, 0) is 0 Å². The van der Waals surface area contributed by atoms with Crippen LogP contribution in [0, 0.1) is 35.9 Å². The summed E-state index contributed by atoms with van der Waals surface area (Å²) in [6, 6.07) is 17.3. The van der Waals surface area contributed by atoms with Crippen LogP contribution in [0.25, 0.3) is 5.57 Å². The maximum atomic E-state index is 13.4. The van der Waals surface area contributed by atoms with Gasteiger partial charge in [0.15, 0.2) is 0 Å². The molecule has 0 aromatic heterocycles. The molecule has 2 aromatic carbocycles. The first-order valence-corrected chi connectivity index (χ1v) is 13.2. The average molecular weight is 468 g/mol. The molecule has 1 saturated heterocycles. The van der Waals surface area contributed by atoms with Crippen molar-refractivity contribution in [1.82, 2.24) is 4.90 Å². The second-order valence-electron chi connectivity index (χ2n) is 12.0. The fraction of sp³-hybridized carbons (Fsp3) is 0.394. The lowest BCUT2D eigenvalue weighted by molar-refractivity contribution is 0.0949. The molecule has 1 heterocycles. The SMILES string of the molecule is CC1(C)CC2=CC(c3ccc(F)cc3)=CC3CC23N(CC2=CC3CC3C=C2)C1.Cc1ccccc1.[HH]. The Morgan fingerprint density at radius 3 is 2.46 bits per heavy atom. The van der Waals surface area contributed by atoms with Crippen molar-refractivity contribution in [3.05, 3.63) is 113 Å². The predicted octanol–water partition coefficient (Wildman–Crippen LogP) is 8.01. The van der Waals surface area contributed by atoms with E-state index in [1.54, 1.807) is 17.7 Å². The van der Waals surface area contributed by atoms with Gasteiger partial charge in [-0.15, -0.1) is 0 Å². The van der Waals surface area contributed by atoms with Gasteiger partial charge in [0.25, 0.3) is 0 Å². The zero-order valence-electron chi connectivity index (χ0n) is 21.2. The third kappa shape index (κ3) is 4.49. The van der Waals surface area contributed by atoms with Crippen molar-refractivity contribution in [2.24, 2.45) is 23.2 Å². The van der Waals surface area contributed by atoms with Gasteiger partial charge in [0.1, 0.15) is 5.82 Å². The van der Waals surface area contributed by atoms with E-state index < -0.39 is 0 Å². The molecule has 3 fully saturated rings. The van der Waals surface area contributed by atoms with Gasteiger partial charge in [-0.25, -0.2) is 4.39 Å². The van der Waals surface area contributed by atoms with Crippen LogP contribution in [0.15, 0.2) is 96.1 Å². The zero-order valence-corrected chi connectivity index (χ0v) is 21.2. The molecule has 0 N–H and O–H groups in total. The molecule has 5 aliphatic rings. The fourth-order valence-corrected chi connectivity index (χ4v) is 6.53. The maximum absolute atomic E-state index is 13.4. The van der Waals surface area contributed by atoms with Crippen molar-refractivity contribution in [3.63, 3.8) is 0 Å². The second kappa shape index (κ2) is 8.45. The third-order valence-corrected chi connectivity index (χ3v) is 8.47. The monoisotopic (exact) mass is 467 g/mol. The summed E-state index contributed by atoms with van der Waals surface area (Å²) in [6.45, 7) is 9.14. The number of hydrogen-bond donors (Lipinski definition) is 0. The van der Waals surface area contributed by atoms with E-state index in [0.29, 0.717) is 5.92 Å². The number of piperidine rings is 1. The third-order valence-electron chi connectivity index (χ3n) is 8.47. The summed E-state index contributed by atoms with van der Waals surface area (Å²) in [5.74, 6) is 2.09. The van der Waals surface area contributed by atoms with Gasteiger partial charge in [0, 0.05) is 26.0 Å². The summed E-state index contributed by atoms with van der Waals surface area (Å²) >= 11 is 0. The van der Waals surface area contributed by atoms with Crippen molar-refractivity contribution in [1.29, 1.82) is 0 Å². The highest BCUT2D eigenvalue weighted by molar-refractivity contribution is 5.79. The number of nitrogens with zero attached hydrogens (tertiary/aromatic N) is 1. The number of fused-ring (bicyclic) bond motifs is 1. The van der Waals surface area contributed by atoms with E-state index in [1.165, 1.54) is 36.1 Å². The molecule has 1 spiro atoms. The molecule has 0 radical (unpaired) electrons. The predicted molar refractivity (Wildman–Crippen MR) is 145 cm³/mol. The molecule has 2 saturated carbocycles. The van der Waals surface area contributed by atoms with Crippen molar-refractivity contribution < 1.29 is 5.82 Å². The summed E-state index contributed by atoms with van der Waals surface area (Å²) in [5.41, 5.74) is 7.39. The summed E-state index contributed by atoms with van der Waals surface area (Å²) in [4.78, 5) is 2.78. The molecule has 0 amide bonds. The van der Waals surface area contributed by atoms with E-state index in [0.717, 1.165) is 30.4 Å². The second-order valence-corrected chi connectivity index (χ2v) is 12.0. The number of hydrogen-bond acceptors (Lipinski definition) is 1. The highest BCUT2D eigenvalue weighted by Crippen LogP contribution is 2.63. The quantitative estimate of drug-likeness (QED) is 0.442. The standard InChI is InChI=1S/C26H28FN.C7H8.H2/c1-25(2)13-22-11-21(18-5-7-24(27)8-6-18)12-23-14-26(22,23)28(16-25)15-17-3-4-19-10-20(19)9-17;1-7-5-3-2-4-6-7;/h3-9,11-12,19-20,23H,10,13-16H2,1-2H3;2-6H,1H3;1H. The lowest BCUT2D eigenvalue weighted by Gasteiger charge is -2.48. The molecule has 7 rings (SSSR count). The number of aryl methyl sites for hydroxylation is 1. The van der Waals surface area contributed by atoms with Crippen LogP contribution in [0.3, 0.4) is 0 Å². The van der Waals surface area contributed by atoms with Gasteiger partial charge in [-0.3, -0.25) is 4.90 Å². The molecule has 182 valence electrons. The minimum absolute atomic E-state index is 0. The maximum Gasteiger partial charge on any atom is 0.123 e. The summed E-state index contributed by atoms with van der Waals surface area (Å²) in [6.07, 6.45) is 16.0. The van der Waals surface area contributed by atoms with Crippen LogP contribution in [0.5, 0.6) is 0 Å². The number of halogens is 1. The minimum atomic E-state index is -0.162. The summed E-state index contributed by atoms with van der Waals surface area (Å²) in [5, 5.41) is 0. The van der Waals surface area contributed by atoms with E-state index in [9.17, 15) is 4.39 Å². The normalized spacial score (nSPS) is 31.4. The first kappa shape index (κ1) is 22.7. The fourth-order valence-electron chi connectivity index (χ4n) is 6.53. The van der Waals surface area contributed by atoms with Gasteiger partial charge >= 0.3 is 0 Å². The molecular formula is C33H38FN. The molecule has 1 aliphatic heterocycles. The highest BCUT2D eigenvalue weighted by Gasteiger charge is 2.63. The van der Waals surface area contributed by atoms with Crippen molar-refractivity contribution in [3.8, 4) is 0 Å². The van der Waals surface area contributed by atoms with Gasteiger partial charge in [-0.2, -0.15) is 0 Å². The van der Waals surface area contributed by atoms with Gasteiger partial charge in [0.05, 0.1) is 0 Å². The van der Waals surface area contributed by atoms with Crippen LogP contribution < -0.4 is 0 Å². The highest BCUT2D eigenvalue weighted by atomic mass is 19.1. The van der Waals surface area contributed by atoms with Gasteiger partial charge in [-0.05, 0) is 77.9 Å². The van der Waals surface area contributed by atoms with E-state index in [1.807, 2.05) is 30.3 Å². The Morgan fingerprint density at radius 2 is 1.77 bits per heavy atom. The molecule has 1 nitrogen and oxygen atoms in total. The van der Waals surface area contributed by atoms with Crippen LogP contribution in [-0.4, -0.2) is 23.5 Å². The van der Waals surface area contributed by atoms with Crippen LogP contribution >= 0.6 is 0 Å². The Balaban J connectivity index is 0.000000291. The van der Waals surface area contributed by atoms with Crippen LogP contribution in [0.1, 0.15) is 45.7 Å². The van der Waals surface area contributed by atoms with Crippen molar-refractivity contribution in [2.45, 2.75) is 45.6 Å². The van der Waals surface area contributed by atoms with E-state index in [4.69, 9.17) is 0 Å². The lowest BCUT2D eigenvalue weighted by Crippen LogP contribution is -2.52. The molecule has 35 heavy (non-hydrogen) atoms. The van der Waals surface area contributed by atoms with Crippen molar-refractivity contribution >= 4 is 5.57 Å². The summed E-state index contributed by atoms with van der Waals surface area (Å²) in [7, 11) is 0. The molecular weight excluding hydrogens is 429 g/mol. The number of rotatable bonds is 3. The Bertz CT molecular complexity index is 1240. The van der Waals surface area contributed by atoms with E-state index in [-0.39, 0.29) is 18.2 Å². The molecule has 2 heteroatoms. The zero-order chi connectivity index (χ0) is 24.2. The van der Waals surface area contributed by atoms with Gasteiger partial charge < -0.3 is 0 Å². The topological polar surface area (TPSA) is 3.24 Å². The average Bonchev–Trinajstić information content (AvgIpc) is 3.73. The van der Waals surface area contributed by atoms with E-state index >= 15 is 0 Å². The number of allylic oxidation sites excluding steroid dienone is 4. The van der Waals surface area contributed by atoms with Crippen LogP contribution in [0.2, 0.25) is 0 Å². The first-order valence-electron chi connectivity index (χ1n) is 13.2. The largest absolute Gasteiger partial charge is 0.289 e. The number of benzene rings is 2. The van der Waals surface area contributed by atoms with Crippen LogP contribution in [0.4, 0.5) is 4.39 Å². The molecule has 2 aromatic rings. The molecule has 4 atom stereocenters. The van der Waals surface area contributed by atoms with Gasteiger partial charge in [-0.1, -0.05) is 92.3 Å². The first-order chi connectivity index (χ1) is 16.8. The van der Waals surface area contributed by atoms with Gasteiger partial charge in [0.2, 0.25) is 0 Å². The Labute approximate surface area is 211 Å². The molecule has 4 aliphatic carbocycles. The lowest BCUT2D eigenvalue weighted by atomic mass is 9.73. The summed E-state index contributed by atoms with van der Waals surface area (Å²) < 4.78 is 13.4. The Morgan fingerprint density at radius 1 is 1.00 bits per heavy atom. The minimum Gasteiger partial charge on any atom is -0.289 e. The van der Waals surface area contributed by atoms with Crippen molar-refractivity contribution in [2.75, 3.05) is 13.1 Å².